The summed E-state index contributed by atoms with van der Waals surface area (Å²) >= 11 is 0. The van der Waals surface area contributed by atoms with Crippen LogP contribution in [0.2, 0.25) is 0 Å². The van der Waals surface area contributed by atoms with Crippen molar-refractivity contribution in [1.82, 2.24) is 10.2 Å². The molecule has 0 spiro atoms. The zero-order valence-electron chi connectivity index (χ0n) is 9.76. The lowest BCUT2D eigenvalue weighted by atomic mass is 9.96. The number of carbonyl (C=O) groups is 1. The molecule has 0 rings (SSSR count). The van der Waals surface area contributed by atoms with Crippen molar-refractivity contribution in [3.63, 3.8) is 0 Å². The van der Waals surface area contributed by atoms with Gasteiger partial charge in [0.15, 0.2) is 0 Å². The van der Waals surface area contributed by atoms with Crippen molar-refractivity contribution in [1.29, 1.82) is 0 Å². The first-order chi connectivity index (χ1) is 6.55. The topological polar surface area (TPSA) is 58.4 Å². The molecule has 0 bridgehead atoms. The predicted molar refractivity (Wildman–Crippen MR) is 59.2 cm³/mol. The third-order valence-corrected chi connectivity index (χ3v) is 2.76. The Kier molecular flexibility index (Phi) is 5.53. The van der Waals surface area contributed by atoms with E-state index in [4.69, 9.17) is 5.73 Å². The smallest absolute Gasteiger partial charge is 0.317 e. The van der Waals surface area contributed by atoms with Gasteiger partial charge in [0, 0.05) is 20.1 Å². The van der Waals surface area contributed by atoms with Crippen LogP contribution in [0, 0.1) is 0 Å². The van der Waals surface area contributed by atoms with Gasteiger partial charge in [0.2, 0.25) is 0 Å². The molecule has 3 N–H and O–H groups in total. The highest BCUT2D eigenvalue weighted by Crippen LogP contribution is 2.18. The Morgan fingerprint density at radius 3 is 2.36 bits per heavy atom. The van der Waals surface area contributed by atoms with Gasteiger partial charge in [0.05, 0.1) is 5.54 Å². The maximum Gasteiger partial charge on any atom is 0.317 e. The van der Waals surface area contributed by atoms with Gasteiger partial charge in [0.1, 0.15) is 0 Å². The first-order valence-corrected chi connectivity index (χ1v) is 5.25. The van der Waals surface area contributed by atoms with Crippen LogP contribution in [0.25, 0.3) is 0 Å². The number of nitrogens with zero attached hydrogens (tertiary/aromatic N) is 1. The van der Waals surface area contributed by atoms with Crippen LogP contribution >= 0.6 is 0 Å². The lowest BCUT2D eigenvalue weighted by Crippen LogP contribution is -2.56. The number of carbonyl (C=O) groups excluding carboxylic acids is 1. The number of rotatable bonds is 5. The summed E-state index contributed by atoms with van der Waals surface area (Å²) in [7, 11) is 1.65. The molecule has 0 saturated carbocycles. The molecule has 2 amide bonds. The quantitative estimate of drug-likeness (QED) is 0.701. The summed E-state index contributed by atoms with van der Waals surface area (Å²) < 4.78 is 0. The summed E-state index contributed by atoms with van der Waals surface area (Å²) in [5.74, 6) is 0. The average molecular weight is 201 g/mol. The van der Waals surface area contributed by atoms with E-state index in [1.54, 1.807) is 7.05 Å². The van der Waals surface area contributed by atoms with E-state index < -0.39 is 0 Å². The van der Waals surface area contributed by atoms with E-state index in [1.165, 1.54) is 0 Å². The van der Waals surface area contributed by atoms with Gasteiger partial charge in [-0.1, -0.05) is 13.8 Å². The molecule has 0 aliphatic carbocycles. The van der Waals surface area contributed by atoms with E-state index >= 15 is 0 Å². The lowest BCUT2D eigenvalue weighted by molar-refractivity contribution is 0.126. The zero-order chi connectivity index (χ0) is 11.2. The third-order valence-electron chi connectivity index (χ3n) is 2.76. The Morgan fingerprint density at radius 2 is 2.07 bits per heavy atom. The minimum Gasteiger partial charge on any atom is -0.341 e. The molecule has 0 fully saturated rings. The Bertz CT molecular complexity index is 178. The van der Waals surface area contributed by atoms with Crippen LogP contribution in [0.1, 0.15) is 33.6 Å². The van der Waals surface area contributed by atoms with Crippen molar-refractivity contribution < 1.29 is 4.79 Å². The average Bonchev–Trinajstić information content (AvgIpc) is 2.23. The van der Waals surface area contributed by atoms with E-state index in [2.05, 4.69) is 19.2 Å². The zero-order valence-corrected chi connectivity index (χ0v) is 9.76. The highest BCUT2D eigenvalue weighted by atomic mass is 16.2. The minimum atomic E-state index is -0.226. The van der Waals surface area contributed by atoms with Crippen LogP contribution in [-0.2, 0) is 0 Å². The molecule has 1 atom stereocenters. The number of hydrogen-bond donors (Lipinski definition) is 2. The maximum absolute atomic E-state index is 11.6. The lowest BCUT2D eigenvalue weighted by Gasteiger charge is -2.39. The molecule has 0 aromatic carbocycles. The molecule has 0 aliphatic rings. The van der Waals surface area contributed by atoms with Crippen LogP contribution in [0.4, 0.5) is 4.79 Å². The highest BCUT2D eigenvalue weighted by Gasteiger charge is 2.31. The normalized spacial score (nSPS) is 14.6. The van der Waals surface area contributed by atoms with E-state index in [0.717, 1.165) is 19.4 Å². The van der Waals surface area contributed by atoms with Gasteiger partial charge < -0.3 is 16.0 Å². The van der Waals surface area contributed by atoms with E-state index in [1.807, 2.05) is 11.8 Å². The van der Waals surface area contributed by atoms with Crippen molar-refractivity contribution >= 4 is 6.03 Å². The minimum absolute atomic E-state index is 0.0401. The van der Waals surface area contributed by atoms with Crippen LogP contribution in [0.3, 0.4) is 0 Å². The molecule has 84 valence electrons. The first-order valence-electron chi connectivity index (χ1n) is 5.25. The van der Waals surface area contributed by atoms with Crippen LogP contribution in [0.15, 0.2) is 0 Å². The fourth-order valence-electron chi connectivity index (χ4n) is 1.42. The fraction of sp³-hybridized carbons (Fsp3) is 0.900. The number of nitrogens with two attached hydrogens (primary N) is 1. The molecule has 0 aromatic rings. The van der Waals surface area contributed by atoms with Crippen molar-refractivity contribution in [2.24, 2.45) is 5.73 Å². The van der Waals surface area contributed by atoms with Crippen molar-refractivity contribution in [2.45, 2.75) is 39.2 Å². The highest BCUT2D eigenvalue weighted by molar-refractivity contribution is 5.74. The summed E-state index contributed by atoms with van der Waals surface area (Å²) in [6.45, 7) is 7.39. The molecule has 0 aliphatic heterocycles. The summed E-state index contributed by atoms with van der Waals surface area (Å²) in [5, 5.41) is 2.66. The van der Waals surface area contributed by atoms with Crippen LogP contribution in [0.5, 0.6) is 0 Å². The van der Waals surface area contributed by atoms with Gasteiger partial charge in [-0.25, -0.2) is 4.79 Å². The predicted octanol–water partition coefficient (Wildman–Crippen LogP) is 1.17. The van der Waals surface area contributed by atoms with Gasteiger partial charge in [0.25, 0.3) is 0 Å². The van der Waals surface area contributed by atoms with Gasteiger partial charge >= 0.3 is 6.03 Å². The molecular weight excluding hydrogens is 178 g/mol. The van der Waals surface area contributed by atoms with Crippen molar-refractivity contribution in [3.05, 3.63) is 0 Å². The van der Waals surface area contributed by atoms with Crippen molar-refractivity contribution in [2.75, 3.05) is 20.1 Å². The summed E-state index contributed by atoms with van der Waals surface area (Å²) in [5.41, 5.74) is 5.49. The van der Waals surface area contributed by atoms with E-state index in [9.17, 15) is 4.79 Å². The summed E-state index contributed by atoms with van der Waals surface area (Å²) in [6, 6.07) is -0.0401. The molecule has 1 unspecified atom stereocenters. The monoisotopic (exact) mass is 201 g/mol. The second-order valence-corrected chi connectivity index (χ2v) is 3.76. The van der Waals surface area contributed by atoms with Gasteiger partial charge in [-0.05, 0) is 19.8 Å². The number of urea groups is 1. The SMILES string of the molecule is CCCN(C(=O)NC)C(C)(CC)CN. The van der Waals surface area contributed by atoms with Crippen molar-refractivity contribution in [3.8, 4) is 0 Å². The molecule has 14 heavy (non-hydrogen) atoms. The summed E-state index contributed by atoms with van der Waals surface area (Å²) in [6.07, 6.45) is 1.82. The Labute approximate surface area is 86.8 Å². The first kappa shape index (κ1) is 13.2. The molecule has 4 nitrogen and oxygen atoms in total. The molecule has 4 heteroatoms. The van der Waals surface area contributed by atoms with E-state index in [-0.39, 0.29) is 11.6 Å². The van der Waals surface area contributed by atoms with Gasteiger partial charge in [-0.2, -0.15) is 0 Å². The van der Waals surface area contributed by atoms with Gasteiger partial charge in [-0.15, -0.1) is 0 Å². The number of hydrogen-bond acceptors (Lipinski definition) is 2. The van der Waals surface area contributed by atoms with Crippen LogP contribution in [-0.4, -0.2) is 36.6 Å². The molecule has 0 aromatic heterocycles. The second kappa shape index (κ2) is 5.86. The standard InChI is InChI=1S/C10H23N3O/c1-5-7-13(9(14)12-4)10(3,6-2)8-11/h5-8,11H2,1-4H3,(H,12,14). The number of amides is 2. The fourth-order valence-corrected chi connectivity index (χ4v) is 1.42. The summed E-state index contributed by atoms with van der Waals surface area (Å²) in [4.78, 5) is 13.5. The molecule has 0 heterocycles. The molecule has 0 radical (unpaired) electrons. The number of nitrogens with one attached hydrogen (secondary N) is 1. The molecule has 0 saturated heterocycles. The second-order valence-electron chi connectivity index (χ2n) is 3.76. The van der Waals surface area contributed by atoms with E-state index in [0.29, 0.717) is 6.54 Å². The Hall–Kier alpha value is -0.770. The largest absolute Gasteiger partial charge is 0.341 e. The maximum atomic E-state index is 11.6. The Balaban J connectivity index is 4.68. The van der Waals surface area contributed by atoms with Gasteiger partial charge in [-0.3, -0.25) is 0 Å². The Morgan fingerprint density at radius 1 is 1.50 bits per heavy atom. The molecular formula is C10H23N3O. The van der Waals surface area contributed by atoms with Crippen LogP contribution < -0.4 is 11.1 Å². The third kappa shape index (κ3) is 2.87.